The largest absolute Gasteiger partial charge is 0.456 e. The van der Waals surface area contributed by atoms with E-state index < -0.39 is 0 Å². The fourth-order valence-corrected chi connectivity index (χ4v) is 8.10. The molecule has 3 aromatic heterocycles. The first-order valence-corrected chi connectivity index (χ1v) is 16.8. The average molecular weight is 625 g/mol. The first-order valence-electron chi connectivity index (χ1n) is 16.8. The van der Waals surface area contributed by atoms with Crippen molar-refractivity contribution in [3.8, 4) is 22.5 Å². The summed E-state index contributed by atoms with van der Waals surface area (Å²) in [7, 11) is 0. The monoisotopic (exact) mass is 624 g/mol. The van der Waals surface area contributed by atoms with Crippen LogP contribution in [0.3, 0.4) is 0 Å². The topological polar surface area (TPSA) is 23.0 Å². The van der Waals surface area contributed by atoms with E-state index in [0.29, 0.717) is 0 Å². The van der Waals surface area contributed by atoms with Gasteiger partial charge in [0.15, 0.2) is 0 Å². The molecule has 0 fully saturated rings. The van der Waals surface area contributed by atoms with Gasteiger partial charge in [-0.1, -0.05) is 103 Å². The molecule has 49 heavy (non-hydrogen) atoms. The van der Waals surface area contributed by atoms with Crippen LogP contribution in [0.1, 0.15) is 0 Å². The molecule has 11 rings (SSSR count). The van der Waals surface area contributed by atoms with Gasteiger partial charge in [-0.2, -0.15) is 0 Å². The Morgan fingerprint density at radius 3 is 1.61 bits per heavy atom. The van der Waals surface area contributed by atoms with Crippen LogP contribution in [0.2, 0.25) is 0 Å². The van der Waals surface area contributed by atoms with Crippen LogP contribution in [-0.4, -0.2) is 9.13 Å². The lowest BCUT2D eigenvalue weighted by molar-refractivity contribution is 0.668. The van der Waals surface area contributed by atoms with Crippen molar-refractivity contribution in [1.29, 1.82) is 0 Å². The number of aromatic nitrogens is 2. The van der Waals surface area contributed by atoms with Gasteiger partial charge in [0, 0.05) is 49.8 Å². The van der Waals surface area contributed by atoms with Crippen molar-refractivity contribution < 1.29 is 4.42 Å². The molecule has 3 heterocycles. The molecule has 0 saturated carbocycles. The highest BCUT2D eigenvalue weighted by Crippen LogP contribution is 2.43. The summed E-state index contributed by atoms with van der Waals surface area (Å²) in [5, 5.41) is 9.82. The van der Waals surface area contributed by atoms with E-state index in [9.17, 15) is 0 Å². The van der Waals surface area contributed by atoms with Crippen molar-refractivity contribution in [2.45, 2.75) is 0 Å². The molecule has 3 nitrogen and oxygen atoms in total. The Labute approximate surface area is 281 Å². The zero-order chi connectivity index (χ0) is 32.1. The third kappa shape index (κ3) is 3.78. The van der Waals surface area contributed by atoms with E-state index in [-0.39, 0.29) is 0 Å². The lowest BCUT2D eigenvalue weighted by Crippen LogP contribution is -1.95. The molecule has 8 aromatic carbocycles. The molecule has 0 radical (unpaired) electrons. The lowest BCUT2D eigenvalue weighted by atomic mass is 10.0. The molecule has 11 aromatic rings. The van der Waals surface area contributed by atoms with E-state index in [2.05, 4.69) is 167 Å². The molecule has 0 unspecified atom stereocenters. The number of hydrogen-bond donors (Lipinski definition) is 0. The van der Waals surface area contributed by atoms with Crippen molar-refractivity contribution in [2.24, 2.45) is 0 Å². The number of furan rings is 1. The highest BCUT2D eigenvalue weighted by atomic mass is 16.3. The molecular formula is C46H28N2O. The van der Waals surface area contributed by atoms with Gasteiger partial charge in [0.2, 0.25) is 0 Å². The molecule has 0 spiro atoms. The van der Waals surface area contributed by atoms with Gasteiger partial charge in [0.1, 0.15) is 11.2 Å². The molecule has 0 atom stereocenters. The fourth-order valence-electron chi connectivity index (χ4n) is 8.10. The van der Waals surface area contributed by atoms with Crippen molar-refractivity contribution in [3.63, 3.8) is 0 Å². The fraction of sp³-hybridized carbons (Fsp3) is 0. The number of fused-ring (bicyclic) bond motifs is 11. The second-order valence-electron chi connectivity index (χ2n) is 12.9. The highest BCUT2D eigenvalue weighted by molar-refractivity contribution is 6.29. The third-order valence-corrected chi connectivity index (χ3v) is 10.3. The van der Waals surface area contributed by atoms with E-state index in [0.717, 1.165) is 33.3 Å². The van der Waals surface area contributed by atoms with Gasteiger partial charge >= 0.3 is 0 Å². The summed E-state index contributed by atoms with van der Waals surface area (Å²) in [6.45, 7) is 0. The number of rotatable bonds is 3. The van der Waals surface area contributed by atoms with Crippen LogP contribution >= 0.6 is 0 Å². The van der Waals surface area contributed by atoms with Gasteiger partial charge in [-0.05, 0) is 82.6 Å². The Balaban J connectivity index is 1.14. The normalized spacial score (nSPS) is 12.1. The molecule has 0 N–H and O–H groups in total. The lowest BCUT2D eigenvalue weighted by Gasteiger charge is -2.11. The van der Waals surface area contributed by atoms with Crippen LogP contribution in [0.25, 0.3) is 98.8 Å². The van der Waals surface area contributed by atoms with Crippen molar-refractivity contribution >= 4 is 76.3 Å². The second-order valence-corrected chi connectivity index (χ2v) is 12.9. The van der Waals surface area contributed by atoms with E-state index in [1.165, 1.54) is 65.5 Å². The smallest absolute Gasteiger partial charge is 0.137 e. The van der Waals surface area contributed by atoms with Crippen LogP contribution in [0.4, 0.5) is 0 Å². The summed E-state index contributed by atoms with van der Waals surface area (Å²) in [6, 6.07) is 61.3. The van der Waals surface area contributed by atoms with E-state index >= 15 is 0 Å². The van der Waals surface area contributed by atoms with Gasteiger partial charge in [0.05, 0.1) is 22.1 Å². The van der Waals surface area contributed by atoms with Crippen molar-refractivity contribution in [1.82, 2.24) is 9.13 Å². The highest BCUT2D eigenvalue weighted by Gasteiger charge is 2.21. The third-order valence-electron chi connectivity index (χ3n) is 10.3. The van der Waals surface area contributed by atoms with Crippen LogP contribution in [0.5, 0.6) is 0 Å². The number of para-hydroxylation sites is 3. The standard InChI is InChI=1S/C46H28N2O/c1-2-10-31-27-32(18-17-29(31)9-1)30-19-21-33(22-20-30)47-39-14-6-3-12-37(39)45-41(47)25-26-42-46(45)38-13-4-7-15-40(38)48(42)34-23-24-36-35-11-5-8-16-43(35)49-44(36)28-34/h1-28H. The average Bonchev–Trinajstić information content (AvgIpc) is 3.82. The van der Waals surface area contributed by atoms with Crippen LogP contribution in [0, 0.1) is 0 Å². The van der Waals surface area contributed by atoms with Crippen molar-refractivity contribution in [2.75, 3.05) is 0 Å². The number of hydrogen-bond acceptors (Lipinski definition) is 1. The molecule has 0 aliphatic carbocycles. The molecule has 0 aliphatic rings. The Morgan fingerprint density at radius 1 is 0.327 bits per heavy atom. The first-order chi connectivity index (χ1) is 24.3. The van der Waals surface area contributed by atoms with Crippen LogP contribution in [0.15, 0.2) is 174 Å². The first kappa shape index (κ1) is 26.5. The Bertz CT molecular complexity index is 3100. The summed E-state index contributed by atoms with van der Waals surface area (Å²) in [5.41, 5.74) is 11.2. The zero-order valence-corrected chi connectivity index (χ0v) is 26.5. The maximum Gasteiger partial charge on any atom is 0.137 e. The van der Waals surface area contributed by atoms with Gasteiger partial charge in [0.25, 0.3) is 0 Å². The minimum Gasteiger partial charge on any atom is -0.456 e. The Hall–Kier alpha value is -6.58. The number of nitrogens with zero attached hydrogens (tertiary/aromatic N) is 2. The molecule has 0 saturated heterocycles. The predicted octanol–water partition coefficient (Wildman–Crippen LogP) is 12.6. The summed E-state index contributed by atoms with van der Waals surface area (Å²) >= 11 is 0. The minimum atomic E-state index is 0.898. The molecule has 0 aliphatic heterocycles. The van der Waals surface area contributed by atoms with Gasteiger partial charge < -0.3 is 13.6 Å². The van der Waals surface area contributed by atoms with Gasteiger partial charge in [-0.15, -0.1) is 0 Å². The number of benzene rings is 8. The van der Waals surface area contributed by atoms with Gasteiger partial charge in [-0.3, -0.25) is 0 Å². The van der Waals surface area contributed by atoms with E-state index in [4.69, 9.17) is 4.42 Å². The molecule has 0 amide bonds. The molecule has 3 heteroatoms. The van der Waals surface area contributed by atoms with Crippen LogP contribution in [-0.2, 0) is 0 Å². The maximum atomic E-state index is 6.33. The summed E-state index contributed by atoms with van der Waals surface area (Å²) in [5.74, 6) is 0. The van der Waals surface area contributed by atoms with E-state index in [1.54, 1.807) is 0 Å². The quantitative estimate of drug-likeness (QED) is 0.192. The Morgan fingerprint density at radius 2 is 0.878 bits per heavy atom. The molecular weight excluding hydrogens is 597 g/mol. The summed E-state index contributed by atoms with van der Waals surface area (Å²) < 4.78 is 11.1. The Kier molecular flexibility index (Phi) is 5.38. The zero-order valence-electron chi connectivity index (χ0n) is 26.5. The molecule has 228 valence electrons. The minimum absolute atomic E-state index is 0.898. The summed E-state index contributed by atoms with van der Waals surface area (Å²) in [4.78, 5) is 0. The van der Waals surface area contributed by atoms with Crippen molar-refractivity contribution in [3.05, 3.63) is 170 Å². The van der Waals surface area contributed by atoms with Gasteiger partial charge in [-0.25, -0.2) is 0 Å². The second kappa shape index (κ2) is 9.96. The van der Waals surface area contributed by atoms with Crippen LogP contribution < -0.4 is 0 Å². The maximum absolute atomic E-state index is 6.33. The van der Waals surface area contributed by atoms with E-state index in [1.807, 2.05) is 12.1 Å². The predicted molar refractivity (Wildman–Crippen MR) is 205 cm³/mol. The summed E-state index contributed by atoms with van der Waals surface area (Å²) in [6.07, 6.45) is 0. The SMILES string of the molecule is c1ccc2cc(-c3ccc(-n4c5ccccc5c5c6c7ccccc7n(-c7ccc8c(c7)oc7ccccc78)c6ccc54)cc3)ccc2c1. The molecule has 0 bridgehead atoms.